The third kappa shape index (κ3) is 3.17. The third-order valence-electron chi connectivity index (χ3n) is 3.43. The minimum atomic E-state index is -4.99. The number of alkyl halides is 3. The van der Waals surface area contributed by atoms with E-state index in [1.165, 1.54) is 4.90 Å². The number of hydrogen-bond acceptors (Lipinski definition) is 4. The second kappa shape index (κ2) is 5.36. The summed E-state index contributed by atoms with van der Waals surface area (Å²) in [4.78, 5) is 24.1. The summed E-state index contributed by atoms with van der Waals surface area (Å²) >= 11 is 0. The van der Waals surface area contributed by atoms with E-state index in [9.17, 15) is 22.8 Å². The van der Waals surface area contributed by atoms with Gasteiger partial charge >= 0.3 is 12.1 Å². The molecular weight excluding hydrogens is 265 g/mol. The van der Waals surface area contributed by atoms with Crippen LogP contribution >= 0.6 is 0 Å². The summed E-state index contributed by atoms with van der Waals surface area (Å²) in [6.07, 6.45) is -4.25. The first-order valence-corrected chi connectivity index (χ1v) is 6.17. The van der Waals surface area contributed by atoms with Crippen molar-refractivity contribution in [1.29, 1.82) is 0 Å². The maximum atomic E-state index is 12.2. The van der Waals surface area contributed by atoms with Gasteiger partial charge in [-0.2, -0.15) is 13.2 Å². The van der Waals surface area contributed by atoms with Crippen molar-refractivity contribution in [2.45, 2.75) is 37.6 Å². The molecule has 1 aliphatic heterocycles. The maximum absolute atomic E-state index is 12.2. The molecule has 0 spiro atoms. The molecule has 5 nitrogen and oxygen atoms in total. The van der Waals surface area contributed by atoms with Crippen molar-refractivity contribution in [3.63, 3.8) is 0 Å². The molecule has 1 aliphatic carbocycles. The monoisotopic (exact) mass is 280 g/mol. The van der Waals surface area contributed by atoms with Crippen molar-refractivity contribution in [3.8, 4) is 0 Å². The van der Waals surface area contributed by atoms with Crippen molar-refractivity contribution in [1.82, 2.24) is 10.2 Å². The van der Waals surface area contributed by atoms with E-state index in [0.717, 1.165) is 0 Å². The van der Waals surface area contributed by atoms with Crippen molar-refractivity contribution < 1.29 is 27.5 Å². The van der Waals surface area contributed by atoms with Gasteiger partial charge in [-0.3, -0.25) is 4.79 Å². The Morgan fingerprint density at radius 3 is 2.74 bits per heavy atom. The molecule has 108 valence electrons. The maximum Gasteiger partial charge on any atom is 0.490 e. The van der Waals surface area contributed by atoms with Crippen LogP contribution < -0.4 is 5.32 Å². The Bertz CT molecular complexity index is 373. The lowest BCUT2D eigenvalue weighted by molar-refractivity contribution is -0.206. The number of rotatable bonds is 2. The third-order valence-corrected chi connectivity index (χ3v) is 3.43. The molecule has 2 atom stereocenters. The van der Waals surface area contributed by atoms with Gasteiger partial charge in [-0.25, -0.2) is 4.79 Å². The van der Waals surface area contributed by atoms with Gasteiger partial charge in [0.15, 0.2) is 0 Å². The Morgan fingerprint density at radius 2 is 2.11 bits per heavy atom. The highest BCUT2D eigenvalue weighted by atomic mass is 19.4. The van der Waals surface area contributed by atoms with Gasteiger partial charge in [0.1, 0.15) is 6.10 Å². The number of carbonyl (C=O) groups excluding carboxylic acids is 2. The average Bonchev–Trinajstić information content (AvgIpc) is 2.76. The predicted octanol–water partition coefficient (Wildman–Crippen LogP) is 0.445. The molecule has 2 aliphatic rings. The van der Waals surface area contributed by atoms with Crippen LogP contribution in [0.5, 0.6) is 0 Å². The molecule has 1 heterocycles. The first-order valence-electron chi connectivity index (χ1n) is 6.17. The van der Waals surface area contributed by atoms with Gasteiger partial charge in [-0.1, -0.05) is 0 Å². The molecule has 0 bridgehead atoms. The van der Waals surface area contributed by atoms with Crippen LogP contribution in [0.1, 0.15) is 19.3 Å². The van der Waals surface area contributed by atoms with E-state index >= 15 is 0 Å². The van der Waals surface area contributed by atoms with Crippen LogP contribution in [0, 0.1) is 0 Å². The molecule has 0 aromatic rings. The quantitative estimate of drug-likeness (QED) is 0.746. The molecule has 0 aromatic carbocycles. The van der Waals surface area contributed by atoms with Crippen LogP contribution in [-0.4, -0.2) is 54.7 Å². The van der Waals surface area contributed by atoms with E-state index in [-0.39, 0.29) is 12.5 Å². The molecule has 0 aromatic heterocycles. The lowest BCUT2D eigenvalue weighted by Crippen LogP contribution is -2.55. The van der Waals surface area contributed by atoms with Crippen LogP contribution in [0.3, 0.4) is 0 Å². The van der Waals surface area contributed by atoms with Crippen LogP contribution in [0.15, 0.2) is 0 Å². The molecule has 1 saturated heterocycles. The lowest BCUT2D eigenvalue weighted by Gasteiger charge is -2.35. The predicted molar refractivity (Wildman–Crippen MR) is 58.2 cm³/mol. The first-order chi connectivity index (χ1) is 8.89. The molecule has 8 heteroatoms. The Hall–Kier alpha value is -1.31. The highest BCUT2D eigenvalue weighted by molar-refractivity contribution is 5.79. The summed E-state index contributed by atoms with van der Waals surface area (Å²) in [6, 6.07) is -0.430. The fourth-order valence-corrected chi connectivity index (χ4v) is 2.58. The van der Waals surface area contributed by atoms with E-state index in [0.29, 0.717) is 32.4 Å². The van der Waals surface area contributed by atoms with Gasteiger partial charge in [0, 0.05) is 13.1 Å². The zero-order valence-electron chi connectivity index (χ0n) is 10.2. The number of carbonyl (C=O) groups is 2. The molecule has 2 fully saturated rings. The molecule has 2 rings (SSSR count). The zero-order valence-corrected chi connectivity index (χ0v) is 10.2. The van der Waals surface area contributed by atoms with Crippen LogP contribution in [-0.2, 0) is 14.3 Å². The fourth-order valence-electron chi connectivity index (χ4n) is 2.58. The number of hydrogen-bond donors (Lipinski definition) is 1. The highest BCUT2D eigenvalue weighted by Crippen LogP contribution is 2.29. The fraction of sp³-hybridized carbons (Fsp3) is 0.818. The zero-order chi connectivity index (χ0) is 14.0. The summed E-state index contributed by atoms with van der Waals surface area (Å²) in [6.45, 7) is 1.21. The number of amides is 1. The Kier molecular flexibility index (Phi) is 3.98. The van der Waals surface area contributed by atoms with E-state index in [1.54, 1.807) is 0 Å². The first kappa shape index (κ1) is 14.1. The summed E-state index contributed by atoms with van der Waals surface area (Å²) in [7, 11) is 0. The molecular formula is C11H15F3N2O3. The average molecular weight is 280 g/mol. The molecule has 1 saturated carbocycles. The van der Waals surface area contributed by atoms with E-state index in [4.69, 9.17) is 0 Å². The SMILES string of the molecule is O=C1CNCCN1[C@@H]1CCC[C@H]1OC(=O)C(F)(F)F. The van der Waals surface area contributed by atoms with Crippen LogP contribution in [0.2, 0.25) is 0 Å². The second-order valence-electron chi connectivity index (χ2n) is 4.70. The van der Waals surface area contributed by atoms with Gasteiger partial charge < -0.3 is 15.0 Å². The van der Waals surface area contributed by atoms with Crippen LogP contribution in [0.4, 0.5) is 13.2 Å². The molecule has 1 N–H and O–H groups in total. The topological polar surface area (TPSA) is 58.6 Å². The smallest absolute Gasteiger partial charge is 0.454 e. The molecule has 19 heavy (non-hydrogen) atoms. The van der Waals surface area contributed by atoms with E-state index in [2.05, 4.69) is 10.1 Å². The van der Waals surface area contributed by atoms with Crippen molar-refractivity contribution >= 4 is 11.9 Å². The summed E-state index contributed by atoms with van der Waals surface area (Å²) in [5.74, 6) is -2.34. The van der Waals surface area contributed by atoms with Gasteiger partial charge in [0.25, 0.3) is 0 Å². The lowest BCUT2D eigenvalue weighted by atomic mass is 10.1. The van der Waals surface area contributed by atoms with Gasteiger partial charge in [0.05, 0.1) is 12.6 Å². The summed E-state index contributed by atoms with van der Waals surface area (Å²) in [5.41, 5.74) is 0. The van der Waals surface area contributed by atoms with Crippen molar-refractivity contribution in [2.24, 2.45) is 0 Å². The largest absolute Gasteiger partial charge is 0.490 e. The normalized spacial score (nSPS) is 28.6. The Morgan fingerprint density at radius 1 is 1.37 bits per heavy atom. The standard InChI is InChI=1S/C11H15F3N2O3/c12-11(13,14)10(18)19-8-3-1-2-7(8)16-5-4-15-6-9(16)17/h7-8,15H,1-6H2/t7-,8-/m1/s1. The Labute approximate surface area is 108 Å². The Balaban J connectivity index is 2.00. The van der Waals surface area contributed by atoms with Gasteiger partial charge in [0.2, 0.25) is 5.91 Å². The second-order valence-corrected chi connectivity index (χ2v) is 4.70. The minimum absolute atomic E-state index is 0.161. The van der Waals surface area contributed by atoms with Crippen LogP contribution in [0.25, 0.3) is 0 Å². The number of piperazine rings is 1. The van der Waals surface area contributed by atoms with E-state index < -0.39 is 24.3 Å². The minimum Gasteiger partial charge on any atom is -0.454 e. The molecule has 0 unspecified atom stereocenters. The van der Waals surface area contributed by atoms with Crippen molar-refractivity contribution in [2.75, 3.05) is 19.6 Å². The number of halogens is 3. The number of esters is 1. The number of nitrogens with zero attached hydrogens (tertiary/aromatic N) is 1. The van der Waals surface area contributed by atoms with E-state index in [1.807, 2.05) is 0 Å². The molecule has 1 amide bonds. The van der Waals surface area contributed by atoms with Gasteiger partial charge in [-0.05, 0) is 19.3 Å². The highest BCUT2D eigenvalue weighted by Gasteiger charge is 2.45. The molecule has 0 radical (unpaired) electrons. The number of ether oxygens (including phenoxy) is 1. The van der Waals surface area contributed by atoms with Crippen molar-refractivity contribution in [3.05, 3.63) is 0 Å². The number of nitrogens with one attached hydrogen (secondary N) is 1. The van der Waals surface area contributed by atoms with Gasteiger partial charge in [-0.15, -0.1) is 0 Å². The summed E-state index contributed by atoms with van der Waals surface area (Å²) in [5, 5.41) is 2.89. The summed E-state index contributed by atoms with van der Waals surface area (Å²) < 4.78 is 41.1.